The number of nitrogens with two attached hydrogens (primary N) is 1. The SMILES string of the molecule is Cn1c(=O)n(Cc2ccc(C(=O)Nc3ccccc3N)cc2C(F)(F)F)c2ccccc21. The average molecular weight is 440 g/mol. The zero-order valence-electron chi connectivity index (χ0n) is 17.0. The first kappa shape index (κ1) is 21.2. The van der Waals surface area contributed by atoms with E-state index in [0.29, 0.717) is 22.4 Å². The van der Waals surface area contributed by atoms with E-state index >= 15 is 0 Å². The van der Waals surface area contributed by atoms with Crippen molar-refractivity contribution in [3.05, 3.63) is 93.9 Å². The fourth-order valence-electron chi connectivity index (χ4n) is 3.61. The van der Waals surface area contributed by atoms with Crippen molar-refractivity contribution in [2.75, 3.05) is 11.1 Å². The van der Waals surface area contributed by atoms with Crippen LogP contribution in [-0.2, 0) is 19.8 Å². The zero-order valence-corrected chi connectivity index (χ0v) is 17.0. The van der Waals surface area contributed by atoms with Crippen molar-refractivity contribution < 1.29 is 18.0 Å². The van der Waals surface area contributed by atoms with Crippen LogP contribution in [-0.4, -0.2) is 15.0 Å². The van der Waals surface area contributed by atoms with E-state index in [2.05, 4.69) is 5.32 Å². The van der Waals surface area contributed by atoms with E-state index in [-0.39, 0.29) is 17.7 Å². The number of para-hydroxylation sites is 4. The summed E-state index contributed by atoms with van der Waals surface area (Å²) < 4.78 is 44.2. The van der Waals surface area contributed by atoms with Crippen LogP contribution in [0, 0.1) is 0 Å². The lowest BCUT2D eigenvalue weighted by Crippen LogP contribution is -2.24. The van der Waals surface area contributed by atoms with E-state index in [0.717, 1.165) is 6.07 Å². The van der Waals surface area contributed by atoms with Crippen LogP contribution >= 0.6 is 0 Å². The minimum Gasteiger partial charge on any atom is -0.397 e. The average Bonchev–Trinajstić information content (AvgIpc) is 3.00. The van der Waals surface area contributed by atoms with Gasteiger partial charge in [0, 0.05) is 12.6 Å². The van der Waals surface area contributed by atoms with Crippen LogP contribution in [0.25, 0.3) is 11.0 Å². The van der Waals surface area contributed by atoms with Crippen LogP contribution in [0.2, 0.25) is 0 Å². The highest BCUT2D eigenvalue weighted by Gasteiger charge is 2.34. The number of halogens is 3. The van der Waals surface area contributed by atoms with Crippen molar-refractivity contribution in [3.63, 3.8) is 0 Å². The van der Waals surface area contributed by atoms with E-state index < -0.39 is 23.3 Å². The molecule has 3 N–H and O–H groups in total. The van der Waals surface area contributed by atoms with Crippen LogP contribution in [0.5, 0.6) is 0 Å². The number of aryl methyl sites for hydroxylation is 1. The molecular formula is C23H19F3N4O2. The number of anilines is 2. The molecule has 32 heavy (non-hydrogen) atoms. The first-order valence-corrected chi connectivity index (χ1v) is 9.67. The maximum atomic E-state index is 13.9. The summed E-state index contributed by atoms with van der Waals surface area (Å²) in [5, 5.41) is 2.52. The molecule has 6 nitrogen and oxygen atoms in total. The largest absolute Gasteiger partial charge is 0.416 e. The summed E-state index contributed by atoms with van der Waals surface area (Å²) in [5.74, 6) is -0.720. The number of imidazole rings is 1. The van der Waals surface area contributed by atoms with Crippen LogP contribution in [0.15, 0.2) is 71.5 Å². The number of aromatic nitrogens is 2. The normalized spacial score (nSPS) is 11.6. The van der Waals surface area contributed by atoms with Gasteiger partial charge in [-0.25, -0.2) is 4.79 Å². The van der Waals surface area contributed by atoms with E-state index in [1.54, 1.807) is 55.6 Å². The Bertz CT molecular complexity index is 1390. The van der Waals surface area contributed by atoms with Crippen LogP contribution in [0.4, 0.5) is 24.5 Å². The van der Waals surface area contributed by atoms with Crippen molar-refractivity contribution in [2.24, 2.45) is 7.05 Å². The molecule has 3 aromatic carbocycles. The van der Waals surface area contributed by atoms with Crippen molar-refractivity contribution in [3.8, 4) is 0 Å². The van der Waals surface area contributed by atoms with Gasteiger partial charge in [-0.3, -0.25) is 13.9 Å². The molecule has 0 aliphatic carbocycles. The molecule has 164 valence electrons. The third-order valence-electron chi connectivity index (χ3n) is 5.27. The monoisotopic (exact) mass is 440 g/mol. The number of nitrogens with one attached hydrogen (secondary N) is 1. The van der Waals surface area contributed by atoms with Gasteiger partial charge in [0.1, 0.15) is 0 Å². The number of amides is 1. The highest BCUT2D eigenvalue weighted by Crippen LogP contribution is 2.33. The van der Waals surface area contributed by atoms with Gasteiger partial charge in [-0.15, -0.1) is 0 Å². The Morgan fingerprint density at radius 2 is 1.66 bits per heavy atom. The topological polar surface area (TPSA) is 82.0 Å². The second-order valence-electron chi connectivity index (χ2n) is 7.33. The summed E-state index contributed by atoms with van der Waals surface area (Å²) in [6, 6.07) is 16.6. The number of fused-ring (bicyclic) bond motifs is 1. The minimum absolute atomic E-state index is 0.119. The number of benzene rings is 3. The van der Waals surface area contributed by atoms with Gasteiger partial charge in [-0.1, -0.05) is 30.3 Å². The minimum atomic E-state index is -4.72. The quantitative estimate of drug-likeness (QED) is 0.466. The highest BCUT2D eigenvalue weighted by molar-refractivity contribution is 6.05. The number of hydrogen-bond acceptors (Lipinski definition) is 3. The van der Waals surface area contributed by atoms with Crippen molar-refractivity contribution in [1.82, 2.24) is 9.13 Å². The molecule has 1 heterocycles. The third kappa shape index (κ3) is 3.84. The summed E-state index contributed by atoms with van der Waals surface area (Å²) in [6.45, 7) is -0.289. The van der Waals surface area contributed by atoms with E-state index in [4.69, 9.17) is 5.73 Å². The molecule has 0 aliphatic rings. The van der Waals surface area contributed by atoms with E-state index in [9.17, 15) is 22.8 Å². The number of carbonyl (C=O) groups is 1. The third-order valence-corrected chi connectivity index (χ3v) is 5.27. The van der Waals surface area contributed by atoms with Crippen molar-refractivity contribution in [2.45, 2.75) is 12.7 Å². The second kappa shape index (κ2) is 7.92. The molecule has 4 rings (SSSR count). The van der Waals surface area contributed by atoms with Gasteiger partial charge in [0.2, 0.25) is 0 Å². The molecule has 0 bridgehead atoms. The molecule has 0 saturated heterocycles. The molecule has 0 aliphatic heterocycles. The summed E-state index contributed by atoms with van der Waals surface area (Å²) >= 11 is 0. The van der Waals surface area contributed by atoms with Crippen molar-refractivity contribution >= 4 is 28.3 Å². The number of hydrogen-bond donors (Lipinski definition) is 2. The number of nitrogen functional groups attached to an aromatic ring is 1. The van der Waals surface area contributed by atoms with Gasteiger partial charge < -0.3 is 11.1 Å². The van der Waals surface area contributed by atoms with Gasteiger partial charge in [-0.05, 0) is 42.0 Å². The van der Waals surface area contributed by atoms with E-state index in [1.165, 1.54) is 21.3 Å². The molecule has 0 saturated carbocycles. The first-order valence-electron chi connectivity index (χ1n) is 9.67. The Hall–Kier alpha value is -4.01. The highest BCUT2D eigenvalue weighted by atomic mass is 19.4. The Kier molecular flexibility index (Phi) is 5.25. The molecule has 4 aromatic rings. The number of nitrogens with zero attached hydrogens (tertiary/aromatic N) is 2. The maximum Gasteiger partial charge on any atom is 0.416 e. The molecule has 0 radical (unpaired) electrons. The predicted octanol–water partition coefficient (Wildman–Crippen LogP) is 4.24. The smallest absolute Gasteiger partial charge is 0.397 e. The van der Waals surface area contributed by atoms with Gasteiger partial charge in [-0.2, -0.15) is 13.2 Å². The molecule has 1 amide bonds. The molecule has 0 fully saturated rings. The second-order valence-corrected chi connectivity index (χ2v) is 7.33. The van der Waals surface area contributed by atoms with Gasteiger partial charge in [0.15, 0.2) is 0 Å². The Morgan fingerprint density at radius 3 is 2.34 bits per heavy atom. The van der Waals surface area contributed by atoms with Crippen molar-refractivity contribution in [1.29, 1.82) is 0 Å². The standard InChI is InChI=1S/C23H19F3N4O2/c1-29-19-8-4-5-9-20(19)30(22(29)32)13-15-11-10-14(12-16(15)23(24,25)26)21(31)28-18-7-3-2-6-17(18)27/h2-12H,13,27H2,1H3,(H,28,31). The Morgan fingerprint density at radius 1 is 1.00 bits per heavy atom. The first-order chi connectivity index (χ1) is 15.2. The number of carbonyl (C=O) groups excluding carboxylic acids is 1. The number of rotatable bonds is 4. The summed E-state index contributed by atoms with van der Waals surface area (Å²) in [7, 11) is 1.56. The fourth-order valence-corrected chi connectivity index (χ4v) is 3.61. The molecule has 1 aromatic heterocycles. The van der Waals surface area contributed by atoms with Gasteiger partial charge in [0.25, 0.3) is 5.91 Å². The maximum absolute atomic E-state index is 13.9. The predicted molar refractivity (Wildman–Crippen MR) is 117 cm³/mol. The Labute approximate surface area is 180 Å². The summed E-state index contributed by atoms with van der Waals surface area (Å²) in [4.78, 5) is 25.2. The molecule has 0 spiro atoms. The summed E-state index contributed by atoms with van der Waals surface area (Å²) in [6.07, 6.45) is -4.72. The lowest BCUT2D eigenvalue weighted by molar-refractivity contribution is -0.138. The van der Waals surface area contributed by atoms with Crippen LogP contribution in [0.1, 0.15) is 21.5 Å². The molecular weight excluding hydrogens is 421 g/mol. The summed E-state index contributed by atoms with van der Waals surface area (Å²) in [5.41, 5.74) is 5.82. The van der Waals surface area contributed by atoms with E-state index in [1.807, 2.05) is 0 Å². The lowest BCUT2D eigenvalue weighted by Gasteiger charge is -2.15. The molecule has 9 heteroatoms. The molecule has 0 unspecified atom stereocenters. The molecule has 0 atom stereocenters. The van der Waals surface area contributed by atoms with Crippen LogP contribution < -0.4 is 16.7 Å². The van der Waals surface area contributed by atoms with Crippen LogP contribution in [0.3, 0.4) is 0 Å². The lowest BCUT2D eigenvalue weighted by atomic mass is 10.0. The van der Waals surface area contributed by atoms with Gasteiger partial charge in [0.05, 0.1) is 34.5 Å². The fraction of sp³-hybridized carbons (Fsp3) is 0.130. The Balaban J connectivity index is 1.73. The van der Waals surface area contributed by atoms with Gasteiger partial charge >= 0.3 is 11.9 Å². The number of alkyl halides is 3. The zero-order chi connectivity index (χ0) is 23.0.